The number of halogens is 2. The van der Waals surface area contributed by atoms with Crippen molar-refractivity contribution in [2.45, 2.75) is 0 Å². The molecular weight excluding hydrogens is 385 g/mol. The van der Waals surface area contributed by atoms with E-state index in [1.54, 1.807) is 12.4 Å². The zero-order valence-corrected chi connectivity index (χ0v) is 13.1. The molecule has 0 radical (unpaired) electrons. The molecule has 2 rings (SSSR count). The molecule has 0 aliphatic carbocycles. The Morgan fingerprint density at radius 3 is 2.79 bits per heavy atom. The summed E-state index contributed by atoms with van der Waals surface area (Å²) >= 11 is 11.9. The van der Waals surface area contributed by atoms with E-state index in [-0.39, 0.29) is 21.7 Å². The summed E-state index contributed by atoms with van der Waals surface area (Å²) in [5.74, 6) is 0. The maximum Gasteiger partial charge on any atom is 0.0371 e. The standard InChI is InChI=1S/C7H3ClIN2.HPS.Ti/c8-4-1-5-6(9)3-11-7(5)10-2-4;1-2;/h1-3H;1H;/q-1;;. The van der Waals surface area contributed by atoms with E-state index in [1.165, 1.54) is 0 Å². The van der Waals surface area contributed by atoms with Crippen molar-refractivity contribution in [3.05, 3.63) is 27.1 Å². The zero-order chi connectivity index (χ0) is 9.84. The quantitative estimate of drug-likeness (QED) is 0.394. The monoisotopic (exact) mass is 389 g/mol. The van der Waals surface area contributed by atoms with Crippen LogP contribution in [0.25, 0.3) is 11.0 Å². The Balaban J connectivity index is 0.000000531. The molecule has 0 unspecified atom stereocenters. The first kappa shape index (κ1) is 14.9. The molecule has 0 aliphatic heterocycles. The largest absolute Gasteiger partial charge is 0.441 e. The molecule has 2 heterocycles. The van der Waals surface area contributed by atoms with E-state index < -0.39 is 0 Å². The number of hydrogen-bond acceptors (Lipinski definition) is 2. The fraction of sp³-hybridized carbons (Fsp3) is 0. The normalized spacial score (nSPS) is 8.71. The Morgan fingerprint density at radius 2 is 2.14 bits per heavy atom. The van der Waals surface area contributed by atoms with E-state index in [0.29, 0.717) is 5.02 Å². The molecule has 0 saturated heterocycles. The van der Waals surface area contributed by atoms with Gasteiger partial charge in [-0.15, -0.1) is 0 Å². The second-order valence-corrected chi connectivity index (χ2v) is 3.73. The summed E-state index contributed by atoms with van der Waals surface area (Å²) in [7, 11) is 2.56. The minimum atomic E-state index is 0. The summed E-state index contributed by atoms with van der Waals surface area (Å²) in [5.41, 5.74) is 0.763. The van der Waals surface area contributed by atoms with Crippen molar-refractivity contribution in [3.63, 3.8) is 0 Å². The molecule has 0 spiro atoms. The summed E-state index contributed by atoms with van der Waals surface area (Å²) < 4.78 is 1.09. The van der Waals surface area contributed by atoms with Crippen molar-refractivity contribution in [2.75, 3.05) is 0 Å². The number of rotatable bonds is 0. The van der Waals surface area contributed by atoms with Crippen LogP contribution in [0.3, 0.4) is 0 Å². The topological polar surface area (TPSA) is 27.0 Å². The van der Waals surface area contributed by atoms with Crippen molar-refractivity contribution < 1.29 is 21.7 Å². The van der Waals surface area contributed by atoms with E-state index in [0.717, 1.165) is 14.6 Å². The fourth-order valence-corrected chi connectivity index (χ4v) is 1.59. The van der Waals surface area contributed by atoms with Crippen LogP contribution in [-0.2, 0) is 33.5 Å². The third kappa shape index (κ3) is 3.51. The molecule has 0 aromatic carbocycles. The van der Waals surface area contributed by atoms with Crippen molar-refractivity contribution in [1.29, 1.82) is 0 Å². The molecule has 0 aliphatic rings. The van der Waals surface area contributed by atoms with Crippen molar-refractivity contribution in [3.8, 4) is 0 Å². The van der Waals surface area contributed by atoms with Crippen LogP contribution in [0, 0.1) is 3.57 Å². The van der Waals surface area contributed by atoms with Gasteiger partial charge in [0.15, 0.2) is 0 Å². The van der Waals surface area contributed by atoms with Crippen LogP contribution in [0.5, 0.6) is 0 Å². The van der Waals surface area contributed by atoms with E-state index in [9.17, 15) is 0 Å². The van der Waals surface area contributed by atoms with Crippen molar-refractivity contribution >= 4 is 65.0 Å². The molecule has 2 aromatic rings. The number of fused-ring (bicyclic) bond motifs is 1. The minimum Gasteiger partial charge on any atom is -0.441 e. The Morgan fingerprint density at radius 1 is 1.50 bits per heavy atom. The first-order valence-corrected chi connectivity index (χ1v) is 6.29. The second kappa shape index (κ2) is 7.26. The SMILES string of the molecule is Clc1cnc2[n-]cc(I)c2c1.P=S.[Ti]. The van der Waals surface area contributed by atoms with Gasteiger partial charge in [-0.05, 0) is 42.1 Å². The summed E-state index contributed by atoms with van der Waals surface area (Å²) in [4.78, 5) is 8.14. The van der Waals surface area contributed by atoms with E-state index in [2.05, 4.69) is 52.4 Å². The summed E-state index contributed by atoms with van der Waals surface area (Å²) in [6.45, 7) is 0. The van der Waals surface area contributed by atoms with Gasteiger partial charge in [-0.1, -0.05) is 41.4 Å². The third-order valence-electron chi connectivity index (χ3n) is 1.39. The molecule has 0 saturated carbocycles. The van der Waals surface area contributed by atoms with E-state index >= 15 is 0 Å². The van der Waals surface area contributed by atoms with Crippen LogP contribution in [-0.4, -0.2) is 4.98 Å². The molecule has 2 nitrogen and oxygen atoms in total. The number of aromatic nitrogens is 2. The van der Waals surface area contributed by atoms with Crippen LogP contribution in [0.2, 0.25) is 5.02 Å². The molecular formula is C7H4ClIN2PSTi-. The number of nitrogens with zero attached hydrogens (tertiary/aromatic N) is 2. The van der Waals surface area contributed by atoms with Crippen molar-refractivity contribution in [1.82, 2.24) is 9.97 Å². The number of pyridine rings is 1. The van der Waals surface area contributed by atoms with Crippen LogP contribution in [0.1, 0.15) is 0 Å². The maximum absolute atomic E-state index is 5.75. The van der Waals surface area contributed by atoms with Gasteiger partial charge >= 0.3 is 0 Å². The summed E-state index contributed by atoms with van der Waals surface area (Å²) in [5, 5.41) is 1.68. The molecule has 0 N–H and O–H groups in total. The van der Waals surface area contributed by atoms with Gasteiger partial charge in [0.1, 0.15) is 0 Å². The predicted octanol–water partition coefficient (Wildman–Crippen LogP) is 3.04. The van der Waals surface area contributed by atoms with E-state index in [1.807, 2.05) is 6.07 Å². The zero-order valence-electron chi connectivity index (χ0n) is 6.79. The molecule has 72 valence electrons. The average molecular weight is 389 g/mol. The van der Waals surface area contributed by atoms with Gasteiger partial charge in [0, 0.05) is 30.3 Å². The van der Waals surface area contributed by atoms with Gasteiger partial charge in [-0.25, -0.2) is 0 Å². The van der Waals surface area contributed by atoms with Crippen LogP contribution < -0.4 is 4.98 Å². The Hall–Kier alpha value is 0.944. The fourth-order valence-electron chi connectivity index (χ4n) is 0.898. The third-order valence-corrected chi connectivity index (χ3v) is 2.46. The van der Waals surface area contributed by atoms with Crippen molar-refractivity contribution in [2.24, 2.45) is 0 Å². The Kier molecular flexibility index (Phi) is 7.75. The molecule has 0 amide bonds. The molecule has 0 atom stereocenters. The molecule has 0 bridgehead atoms. The molecule has 7 heteroatoms. The Labute approximate surface area is 122 Å². The van der Waals surface area contributed by atoms with Crippen LogP contribution in [0.15, 0.2) is 18.5 Å². The minimum absolute atomic E-state index is 0. The van der Waals surface area contributed by atoms with E-state index in [4.69, 9.17) is 11.6 Å². The van der Waals surface area contributed by atoms with Crippen LogP contribution in [0.4, 0.5) is 0 Å². The second-order valence-electron chi connectivity index (χ2n) is 2.13. The first-order chi connectivity index (χ1) is 6.27. The van der Waals surface area contributed by atoms with Gasteiger partial charge in [-0.2, -0.15) is 0 Å². The predicted molar refractivity (Wildman–Crippen MR) is 68.5 cm³/mol. The van der Waals surface area contributed by atoms with Gasteiger partial charge in [-0.3, -0.25) is 0 Å². The van der Waals surface area contributed by atoms with Gasteiger partial charge in [0.2, 0.25) is 0 Å². The first-order valence-electron chi connectivity index (χ1n) is 3.20. The summed E-state index contributed by atoms with van der Waals surface area (Å²) in [6, 6.07) is 1.87. The molecule has 0 fully saturated rings. The van der Waals surface area contributed by atoms with Gasteiger partial charge in [0.25, 0.3) is 0 Å². The Bertz CT molecular complexity index is 425. The van der Waals surface area contributed by atoms with Crippen LogP contribution >= 0.6 is 42.2 Å². The maximum atomic E-state index is 5.75. The van der Waals surface area contributed by atoms with Gasteiger partial charge < -0.3 is 9.97 Å². The number of hydrogen-bond donors (Lipinski definition) is 0. The molecule has 2 aromatic heterocycles. The average Bonchev–Trinajstić information content (AvgIpc) is 2.52. The molecule has 14 heavy (non-hydrogen) atoms. The smallest absolute Gasteiger partial charge is 0.0371 e. The van der Waals surface area contributed by atoms with Gasteiger partial charge in [0.05, 0.1) is 0 Å². The summed E-state index contributed by atoms with van der Waals surface area (Å²) in [6.07, 6.45) is 3.39.